The first-order valence-corrected chi connectivity index (χ1v) is 4.41. The average molecular weight is 202 g/mol. The molecule has 1 unspecified atom stereocenters. The smallest absolute Gasteiger partial charge is 0.305 e. The first kappa shape index (κ1) is 10.9. The van der Waals surface area contributed by atoms with E-state index in [0.29, 0.717) is 13.0 Å². The van der Waals surface area contributed by atoms with Gasteiger partial charge in [-0.1, -0.05) is 0 Å². The quantitative estimate of drug-likeness (QED) is 0.525. The first-order valence-electron chi connectivity index (χ1n) is 4.41. The SMILES string of the molecule is NC1(C(=O)NCCC(=O)O)CCOC1. The van der Waals surface area contributed by atoms with E-state index in [0.717, 1.165) is 0 Å². The Labute approximate surface area is 81.4 Å². The molecule has 6 nitrogen and oxygen atoms in total. The zero-order chi connectivity index (χ0) is 10.6. The molecule has 1 rings (SSSR count). The van der Waals surface area contributed by atoms with E-state index >= 15 is 0 Å². The van der Waals surface area contributed by atoms with Crippen LogP contribution in [0.25, 0.3) is 0 Å². The third kappa shape index (κ3) is 2.68. The van der Waals surface area contributed by atoms with E-state index in [9.17, 15) is 9.59 Å². The second-order valence-electron chi connectivity index (χ2n) is 3.36. The van der Waals surface area contributed by atoms with Crippen molar-refractivity contribution in [2.45, 2.75) is 18.4 Å². The number of carboxylic acids is 1. The zero-order valence-corrected chi connectivity index (χ0v) is 7.78. The Morgan fingerprint density at radius 1 is 1.57 bits per heavy atom. The number of hydrogen-bond acceptors (Lipinski definition) is 4. The lowest BCUT2D eigenvalue weighted by molar-refractivity contribution is -0.137. The van der Waals surface area contributed by atoms with Crippen LogP contribution in [-0.4, -0.2) is 42.3 Å². The fraction of sp³-hybridized carbons (Fsp3) is 0.750. The van der Waals surface area contributed by atoms with Crippen LogP contribution < -0.4 is 11.1 Å². The van der Waals surface area contributed by atoms with E-state index in [1.165, 1.54) is 0 Å². The van der Waals surface area contributed by atoms with Gasteiger partial charge in [0.05, 0.1) is 13.0 Å². The van der Waals surface area contributed by atoms with Crippen LogP contribution in [0.3, 0.4) is 0 Å². The maximum Gasteiger partial charge on any atom is 0.305 e. The molecule has 0 aromatic rings. The summed E-state index contributed by atoms with van der Waals surface area (Å²) in [5.74, 6) is -1.28. The standard InChI is InChI=1S/C8H14N2O4/c9-8(2-4-14-5-8)7(13)10-3-1-6(11)12/h1-5,9H2,(H,10,13)(H,11,12). The van der Waals surface area contributed by atoms with Gasteiger partial charge in [0.25, 0.3) is 0 Å². The summed E-state index contributed by atoms with van der Waals surface area (Å²) >= 11 is 0. The minimum absolute atomic E-state index is 0.0946. The predicted molar refractivity (Wildman–Crippen MR) is 47.6 cm³/mol. The van der Waals surface area contributed by atoms with E-state index < -0.39 is 11.5 Å². The van der Waals surface area contributed by atoms with Gasteiger partial charge in [-0.05, 0) is 6.42 Å². The summed E-state index contributed by atoms with van der Waals surface area (Å²) in [7, 11) is 0. The van der Waals surface area contributed by atoms with Crippen molar-refractivity contribution in [3.05, 3.63) is 0 Å². The molecule has 1 fully saturated rings. The molecule has 14 heavy (non-hydrogen) atoms. The Bertz CT molecular complexity index is 235. The Morgan fingerprint density at radius 3 is 2.79 bits per heavy atom. The molecule has 1 saturated heterocycles. The molecule has 0 aromatic heterocycles. The minimum Gasteiger partial charge on any atom is -0.481 e. The number of nitrogens with two attached hydrogens (primary N) is 1. The van der Waals surface area contributed by atoms with Gasteiger partial charge >= 0.3 is 5.97 Å². The fourth-order valence-electron chi connectivity index (χ4n) is 1.22. The van der Waals surface area contributed by atoms with E-state index in [2.05, 4.69) is 5.32 Å². The molecule has 1 aliphatic rings. The third-order valence-electron chi connectivity index (χ3n) is 2.13. The van der Waals surface area contributed by atoms with E-state index in [-0.39, 0.29) is 25.5 Å². The molecule has 1 atom stereocenters. The topological polar surface area (TPSA) is 102 Å². The Kier molecular flexibility index (Phi) is 3.43. The van der Waals surface area contributed by atoms with Crippen molar-refractivity contribution in [2.24, 2.45) is 5.73 Å². The third-order valence-corrected chi connectivity index (χ3v) is 2.13. The van der Waals surface area contributed by atoms with Crippen LogP contribution in [-0.2, 0) is 14.3 Å². The normalized spacial score (nSPS) is 26.1. The van der Waals surface area contributed by atoms with Gasteiger partial charge in [0.1, 0.15) is 5.54 Å². The largest absolute Gasteiger partial charge is 0.481 e. The number of ether oxygens (including phenoxy) is 1. The molecule has 80 valence electrons. The Balaban J connectivity index is 2.30. The highest BCUT2D eigenvalue weighted by Crippen LogP contribution is 2.15. The van der Waals surface area contributed by atoms with Crippen molar-refractivity contribution in [3.8, 4) is 0 Å². The second-order valence-corrected chi connectivity index (χ2v) is 3.36. The Morgan fingerprint density at radius 2 is 2.29 bits per heavy atom. The maximum atomic E-state index is 11.4. The van der Waals surface area contributed by atoms with Gasteiger partial charge in [-0.3, -0.25) is 9.59 Å². The van der Waals surface area contributed by atoms with Crippen LogP contribution in [0.2, 0.25) is 0 Å². The number of carbonyl (C=O) groups excluding carboxylic acids is 1. The van der Waals surface area contributed by atoms with Crippen LogP contribution in [0.4, 0.5) is 0 Å². The molecular formula is C8H14N2O4. The number of hydrogen-bond donors (Lipinski definition) is 3. The number of amides is 1. The van der Waals surface area contributed by atoms with Crippen LogP contribution in [0.5, 0.6) is 0 Å². The molecule has 0 spiro atoms. The summed E-state index contributed by atoms with van der Waals surface area (Å²) in [5.41, 5.74) is 4.76. The van der Waals surface area contributed by atoms with E-state index in [4.69, 9.17) is 15.6 Å². The highest BCUT2D eigenvalue weighted by atomic mass is 16.5. The molecule has 1 aliphatic heterocycles. The molecule has 6 heteroatoms. The lowest BCUT2D eigenvalue weighted by Crippen LogP contribution is -2.54. The summed E-state index contributed by atoms with van der Waals surface area (Å²) < 4.78 is 5.01. The van der Waals surface area contributed by atoms with Crippen molar-refractivity contribution in [3.63, 3.8) is 0 Å². The Hall–Kier alpha value is -1.14. The van der Waals surface area contributed by atoms with E-state index in [1.807, 2.05) is 0 Å². The zero-order valence-electron chi connectivity index (χ0n) is 7.78. The molecule has 0 aromatic carbocycles. The van der Waals surface area contributed by atoms with Crippen LogP contribution in [0.1, 0.15) is 12.8 Å². The summed E-state index contributed by atoms with van der Waals surface area (Å²) in [4.78, 5) is 21.6. The molecular weight excluding hydrogens is 188 g/mol. The number of carboxylic acid groups (broad SMARTS) is 1. The minimum atomic E-state index is -0.974. The van der Waals surface area contributed by atoms with E-state index in [1.54, 1.807) is 0 Å². The average Bonchev–Trinajstić information content (AvgIpc) is 2.52. The number of nitrogens with one attached hydrogen (secondary N) is 1. The van der Waals surface area contributed by atoms with Gasteiger partial charge in [0, 0.05) is 13.2 Å². The molecule has 0 bridgehead atoms. The van der Waals surface area contributed by atoms with Gasteiger partial charge < -0.3 is 20.9 Å². The van der Waals surface area contributed by atoms with Gasteiger partial charge in [-0.25, -0.2) is 0 Å². The first-order chi connectivity index (χ1) is 6.54. The highest BCUT2D eigenvalue weighted by Gasteiger charge is 2.37. The van der Waals surface area contributed by atoms with Crippen LogP contribution in [0, 0.1) is 0 Å². The monoisotopic (exact) mass is 202 g/mol. The maximum absolute atomic E-state index is 11.4. The number of aliphatic carboxylic acids is 1. The molecule has 1 heterocycles. The molecule has 1 amide bonds. The van der Waals surface area contributed by atoms with Gasteiger partial charge in [0.15, 0.2) is 0 Å². The van der Waals surface area contributed by atoms with Gasteiger partial charge in [-0.15, -0.1) is 0 Å². The highest BCUT2D eigenvalue weighted by molar-refractivity contribution is 5.86. The van der Waals surface area contributed by atoms with Crippen molar-refractivity contribution in [1.82, 2.24) is 5.32 Å². The molecule has 0 radical (unpaired) electrons. The number of rotatable bonds is 4. The summed E-state index contributed by atoms with van der Waals surface area (Å²) in [6, 6.07) is 0. The van der Waals surface area contributed by atoms with Crippen molar-refractivity contribution in [1.29, 1.82) is 0 Å². The summed E-state index contributed by atoms with van der Waals surface area (Å²) in [6.45, 7) is 0.780. The lowest BCUT2D eigenvalue weighted by Gasteiger charge is -2.20. The number of carbonyl (C=O) groups is 2. The van der Waals surface area contributed by atoms with Crippen molar-refractivity contribution < 1.29 is 19.4 Å². The second kappa shape index (κ2) is 4.39. The summed E-state index contributed by atoms with van der Waals surface area (Å²) in [5, 5.41) is 10.8. The van der Waals surface area contributed by atoms with Gasteiger partial charge in [-0.2, -0.15) is 0 Å². The lowest BCUT2D eigenvalue weighted by atomic mass is 9.99. The van der Waals surface area contributed by atoms with Crippen LogP contribution >= 0.6 is 0 Å². The van der Waals surface area contributed by atoms with Gasteiger partial charge in [0.2, 0.25) is 5.91 Å². The van der Waals surface area contributed by atoms with Crippen molar-refractivity contribution >= 4 is 11.9 Å². The van der Waals surface area contributed by atoms with Crippen molar-refractivity contribution in [2.75, 3.05) is 19.8 Å². The molecule has 0 saturated carbocycles. The predicted octanol–water partition coefficient (Wildman–Crippen LogP) is -1.30. The summed E-state index contributed by atoms with van der Waals surface area (Å²) in [6.07, 6.45) is 0.384. The fourth-order valence-corrected chi connectivity index (χ4v) is 1.22. The van der Waals surface area contributed by atoms with Crippen LogP contribution in [0.15, 0.2) is 0 Å². The molecule has 0 aliphatic carbocycles. The molecule has 4 N–H and O–H groups in total.